The molecule has 5 heteroatoms. The lowest BCUT2D eigenvalue weighted by Gasteiger charge is -2.18. The topological polar surface area (TPSA) is 25.2 Å². The quantitative estimate of drug-likeness (QED) is 0.679. The zero-order valence-corrected chi connectivity index (χ0v) is 15.5. The number of fused-ring (bicyclic) bond motifs is 2. The molecule has 3 aromatic rings. The fourth-order valence-corrected chi connectivity index (χ4v) is 4.62. The SMILES string of the molecule is CN(C)Cc1ccc2n1C(=O)c1ccccc1SC2c1ccc(F)cc1. The molecule has 0 saturated heterocycles. The molecule has 0 N–H and O–H groups in total. The van der Waals surface area contributed by atoms with Gasteiger partial charge in [0.2, 0.25) is 0 Å². The van der Waals surface area contributed by atoms with Crippen LogP contribution in [0.25, 0.3) is 0 Å². The highest BCUT2D eigenvalue weighted by molar-refractivity contribution is 7.99. The second-order valence-electron chi connectivity index (χ2n) is 6.67. The van der Waals surface area contributed by atoms with Crippen LogP contribution < -0.4 is 0 Å². The van der Waals surface area contributed by atoms with Gasteiger partial charge in [-0.05, 0) is 56.1 Å². The zero-order valence-electron chi connectivity index (χ0n) is 14.6. The number of halogens is 1. The predicted octanol–water partition coefficient (Wildman–Crippen LogP) is 4.57. The van der Waals surface area contributed by atoms with Crippen molar-refractivity contribution in [2.24, 2.45) is 0 Å². The molecule has 1 aliphatic rings. The molecular weight excluding hydrogens is 347 g/mol. The highest BCUT2D eigenvalue weighted by atomic mass is 32.2. The van der Waals surface area contributed by atoms with Gasteiger partial charge in [-0.3, -0.25) is 9.36 Å². The number of hydrogen-bond donors (Lipinski definition) is 0. The van der Waals surface area contributed by atoms with Crippen LogP contribution in [-0.4, -0.2) is 29.5 Å². The van der Waals surface area contributed by atoms with Crippen molar-refractivity contribution in [1.82, 2.24) is 9.47 Å². The Hall–Kier alpha value is -2.37. The van der Waals surface area contributed by atoms with E-state index in [0.29, 0.717) is 12.1 Å². The van der Waals surface area contributed by atoms with Crippen LogP contribution >= 0.6 is 11.8 Å². The van der Waals surface area contributed by atoms with Crippen LogP contribution in [0, 0.1) is 5.82 Å². The van der Waals surface area contributed by atoms with E-state index in [1.165, 1.54) is 12.1 Å². The van der Waals surface area contributed by atoms with Gasteiger partial charge in [0.05, 0.1) is 10.8 Å². The first-order chi connectivity index (χ1) is 12.5. The second kappa shape index (κ2) is 6.74. The van der Waals surface area contributed by atoms with Crippen LogP contribution in [0.5, 0.6) is 0 Å². The van der Waals surface area contributed by atoms with Crippen molar-refractivity contribution in [3.63, 3.8) is 0 Å². The van der Waals surface area contributed by atoms with Crippen molar-refractivity contribution in [1.29, 1.82) is 0 Å². The van der Waals surface area contributed by atoms with Gasteiger partial charge in [0.25, 0.3) is 5.91 Å². The molecule has 1 atom stereocenters. The van der Waals surface area contributed by atoms with Gasteiger partial charge in [0.15, 0.2) is 0 Å². The monoisotopic (exact) mass is 366 g/mol. The molecule has 0 bridgehead atoms. The Morgan fingerprint density at radius 3 is 2.50 bits per heavy atom. The fourth-order valence-electron chi connectivity index (χ4n) is 3.33. The van der Waals surface area contributed by atoms with Gasteiger partial charge in [0, 0.05) is 22.8 Å². The maximum Gasteiger partial charge on any atom is 0.263 e. The maximum absolute atomic E-state index is 13.4. The minimum atomic E-state index is -0.257. The number of aromatic nitrogens is 1. The van der Waals surface area contributed by atoms with Crippen molar-refractivity contribution < 1.29 is 9.18 Å². The van der Waals surface area contributed by atoms with Crippen LogP contribution in [-0.2, 0) is 6.54 Å². The molecule has 0 spiro atoms. The molecule has 0 amide bonds. The number of carbonyl (C=O) groups excluding carboxylic acids is 1. The van der Waals surface area contributed by atoms with E-state index < -0.39 is 0 Å². The number of nitrogens with zero attached hydrogens (tertiary/aromatic N) is 2. The van der Waals surface area contributed by atoms with Crippen LogP contribution in [0.3, 0.4) is 0 Å². The third-order valence-electron chi connectivity index (χ3n) is 4.48. The summed E-state index contributed by atoms with van der Waals surface area (Å²) in [6.45, 7) is 0.675. The first-order valence-corrected chi connectivity index (χ1v) is 9.33. The lowest BCUT2D eigenvalue weighted by molar-refractivity contribution is 0.0950. The lowest BCUT2D eigenvalue weighted by Crippen LogP contribution is -2.21. The van der Waals surface area contributed by atoms with Crippen molar-refractivity contribution in [2.45, 2.75) is 16.7 Å². The molecule has 0 fully saturated rings. The van der Waals surface area contributed by atoms with Crippen LogP contribution in [0.15, 0.2) is 65.6 Å². The summed E-state index contributed by atoms with van der Waals surface area (Å²) in [6, 6.07) is 18.3. The average Bonchev–Trinajstić information content (AvgIpc) is 2.97. The van der Waals surface area contributed by atoms with E-state index in [1.807, 2.05) is 60.0 Å². The molecule has 0 radical (unpaired) electrons. The van der Waals surface area contributed by atoms with Crippen molar-refractivity contribution >= 4 is 17.7 Å². The molecule has 1 aromatic heterocycles. The lowest BCUT2D eigenvalue weighted by atomic mass is 10.1. The summed E-state index contributed by atoms with van der Waals surface area (Å²) < 4.78 is 15.2. The summed E-state index contributed by atoms with van der Waals surface area (Å²) in [6.07, 6.45) is 0. The van der Waals surface area contributed by atoms with Crippen LogP contribution in [0.1, 0.15) is 32.6 Å². The fraction of sp³-hybridized carbons (Fsp3) is 0.190. The van der Waals surface area contributed by atoms with E-state index in [0.717, 1.165) is 21.8 Å². The van der Waals surface area contributed by atoms with Crippen LogP contribution in [0.2, 0.25) is 0 Å². The van der Waals surface area contributed by atoms with Crippen molar-refractivity contribution in [3.8, 4) is 0 Å². The Bertz CT molecular complexity index is 962. The Labute approximate surface area is 156 Å². The van der Waals surface area contributed by atoms with E-state index in [2.05, 4.69) is 0 Å². The third kappa shape index (κ3) is 2.97. The third-order valence-corrected chi connectivity index (χ3v) is 5.84. The number of hydrogen-bond acceptors (Lipinski definition) is 3. The molecule has 132 valence electrons. The normalized spacial score (nSPS) is 16.3. The summed E-state index contributed by atoms with van der Waals surface area (Å²) in [7, 11) is 3.97. The Kier molecular flexibility index (Phi) is 4.42. The minimum Gasteiger partial charge on any atom is -0.304 e. The van der Waals surface area contributed by atoms with E-state index in [-0.39, 0.29) is 17.0 Å². The second-order valence-corrected chi connectivity index (χ2v) is 7.82. The summed E-state index contributed by atoms with van der Waals surface area (Å²) in [4.78, 5) is 16.3. The van der Waals surface area contributed by atoms with Crippen molar-refractivity contribution in [2.75, 3.05) is 14.1 Å². The maximum atomic E-state index is 13.4. The van der Waals surface area contributed by atoms with Gasteiger partial charge in [-0.15, -0.1) is 11.8 Å². The van der Waals surface area contributed by atoms with Gasteiger partial charge >= 0.3 is 0 Å². The smallest absolute Gasteiger partial charge is 0.263 e. The standard InChI is InChI=1S/C21H19FN2OS/c1-23(2)13-16-11-12-18-20(14-7-9-15(22)10-8-14)26-19-6-4-3-5-17(19)21(25)24(16)18/h3-12,20H,13H2,1-2H3. The van der Waals surface area contributed by atoms with Crippen LogP contribution in [0.4, 0.5) is 4.39 Å². The zero-order chi connectivity index (χ0) is 18.3. The number of benzene rings is 2. The van der Waals surface area contributed by atoms with E-state index in [1.54, 1.807) is 23.9 Å². The molecule has 0 saturated carbocycles. The first kappa shape index (κ1) is 17.1. The van der Waals surface area contributed by atoms with Gasteiger partial charge in [-0.1, -0.05) is 24.3 Å². The van der Waals surface area contributed by atoms with E-state index in [9.17, 15) is 9.18 Å². The summed E-state index contributed by atoms with van der Waals surface area (Å²) >= 11 is 1.64. The number of carbonyl (C=O) groups is 1. The van der Waals surface area contributed by atoms with Gasteiger partial charge < -0.3 is 4.90 Å². The molecule has 26 heavy (non-hydrogen) atoms. The Morgan fingerprint density at radius 2 is 1.77 bits per heavy atom. The van der Waals surface area contributed by atoms with Gasteiger partial charge in [-0.2, -0.15) is 0 Å². The van der Waals surface area contributed by atoms with Gasteiger partial charge in [-0.25, -0.2) is 4.39 Å². The molecule has 0 aliphatic carbocycles. The molecule has 1 unspecified atom stereocenters. The first-order valence-electron chi connectivity index (χ1n) is 8.45. The minimum absolute atomic E-state index is 0.00504. The molecule has 3 nitrogen and oxygen atoms in total. The molecular formula is C21H19FN2OS. The van der Waals surface area contributed by atoms with E-state index >= 15 is 0 Å². The summed E-state index contributed by atoms with van der Waals surface area (Å²) in [5.74, 6) is -0.262. The average molecular weight is 366 g/mol. The Morgan fingerprint density at radius 1 is 1.04 bits per heavy atom. The summed E-state index contributed by atoms with van der Waals surface area (Å²) in [5.41, 5.74) is 3.58. The Balaban J connectivity index is 1.91. The highest BCUT2D eigenvalue weighted by Gasteiger charge is 2.30. The number of thioether (sulfide) groups is 1. The van der Waals surface area contributed by atoms with Gasteiger partial charge in [0.1, 0.15) is 5.82 Å². The molecule has 4 rings (SSSR count). The molecule has 2 aromatic carbocycles. The van der Waals surface area contributed by atoms with Crippen molar-refractivity contribution in [3.05, 3.63) is 89.0 Å². The molecule has 2 heterocycles. The summed E-state index contributed by atoms with van der Waals surface area (Å²) in [5, 5.41) is -0.0703. The number of rotatable bonds is 3. The molecule has 1 aliphatic heterocycles. The predicted molar refractivity (Wildman–Crippen MR) is 102 cm³/mol. The van der Waals surface area contributed by atoms with E-state index in [4.69, 9.17) is 0 Å². The largest absolute Gasteiger partial charge is 0.304 e. The highest BCUT2D eigenvalue weighted by Crippen LogP contribution is 2.45.